The van der Waals surface area contributed by atoms with Crippen LogP contribution in [-0.4, -0.2) is 19.6 Å². The molecule has 0 aliphatic heterocycles. The molecule has 2 heterocycles. The third kappa shape index (κ3) is 2.97. The zero-order valence-electron chi connectivity index (χ0n) is 17.2. The fraction of sp³-hybridized carbons (Fsp3) is 0.217. The maximum Gasteiger partial charge on any atom is 0.131 e. The van der Waals surface area contributed by atoms with Crippen molar-refractivity contribution in [2.24, 2.45) is 0 Å². The van der Waals surface area contributed by atoms with Crippen molar-refractivity contribution < 1.29 is 0 Å². The quantitative estimate of drug-likeness (QED) is 0.551. The molecule has 0 atom stereocenters. The van der Waals surface area contributed by atoms with Crippen LogP contribution in [0.15, 0.2) is 60.7 Å². The molecule has 0 spiro atoms. The lowest BCUT2D eigenvalue weighted by molar-refractivity contribution is 0.636. The number of rotatable bonds is 4. The number of hydrogen-bond donors (Lipinski definition) is 2. The summed E-state index contributed by atoms with van der Waals surface area (Å²) < 4.78 is 3.58. The number of benzene rings is 2. The molecule has 0 bridgehead atoms. The number of nitrogens with zero attached hydrogens (tertiary/aromatic N) is 4. The van der Waals surface area contributed by atoms with Gasteiger partial charge in [0, 0.05) is 16.5 Å². The molecule has 148 valence electrons. The zero-order chi connectivity index (χ0) is 20.8. The van der Waals surface area contributed by atoms with Crippen molar-refractivity contribution in [1.29, 1.82) is 0 Å². The summed E-state index contributed by atoms with van der Waals surface area (Å²) in [5.74, 6) is 1.23. The molecule has 0 saturated heterocycles. The van der Waals surface area contributed by atoms with Gasteiger partial charge in [0.15, 0.2) is 0 Å². The van der Waals surface area contributed by atoms with Gasteiger partial charge in [0.1, 0.15) is 11.6 Å². The minimum Gasteiger partial charge on any atom is -0.383 e. The van der Waals surface area contributed by atoms with Crippen LogP contribution in [0.5, 0.6) is 0 Å². The molecule has 2 aromatic heterocycles. The first-order valence-corrected chi connectivity index (χ1v) is 9.64. The van der Waals surface area contributed by atoms with E-state index >= 15 is 0 Å². The van der Waals surface area contributed by atoms with E-state index in [2.05, 4.69) is 13.8 Å². The minimum atomic E-state index is -0.470. The van der Waals surface area contributed by atoms with Crippen LogP contribution in [0, 0.1) is 13.8 Å². The molecule has 0 radical (unpaired) electrons. The highest BCUT2D eigenvalue weighted by molar-refractivity contribution is 5.62. The molecular weight excluding hydrogens is 360 g/mol. The molecular formula is C23H26N6. The summed E-state index contributed by atoms with van der Waals surface area (Å²) in [6.07, 6.45) is 0. The lowest BCUT2D eigenvalue weighted by Crippen LogP contribution is -2.23. The van der Waals surface area contributed by atoms with Gasteiger partial charge in [-0.1, -0.05) is 50.2 Å². The SMILES string of the molecule is Cc1nn(-c2ccccc2)c(N)c1C(C)(C)c1c(C)nn(-c2ccccc2)c1N. The first-order valence-electron chi connectivity index (χ1n) is 9.64. The number of anilines is 2. The van der Waals surface area contributed by atoms with Crippen LogP contribution >= 0.6 is 0 Å². The number of nitrogen functional groups attached to an aromatic ring is 2. The van der Waals surface area contributed by atoms with Crippen molar-refractivity contribution in [3.63, 3.8) is 0 Å². The van der Waals surface area contributed by atoms with E-state index in [0.717, 1.165) is 33.9 Å². The van der Waals surface area contributed by atoms with Crippen molar-refractivity contribution in [1.82, 2.24) is 19.6 Å². The molecule has 0 fully saturated rings. The summed E-state index contributed by atoms with van der Waals surface area (Å²) in [4.78, 5) is 0. The van der Waals surface area contributed by atoms with E-state index in [4.69, 9.17) is 21.7 Å². The van der Waals surface area contributed by atoms with E-state index in [1.807, 2.05) is 74.5 Å². The summed E-state index contributed by atoms with van der Waals surface area (Å²) in [7, 11) is 0. The van der Waals surface area contributed by atoms with Crippen molar-refractivity contribution in [2.45, 2.75) is 33.1 Å². The highest BCUT2D eigenvalue weighted by Gasteiger charge is 2.36. The van der Waals surface area contributed by atoms with Crippen LogP contribution in [0.3, 0.4) is 0 Å². The molecule has 2 aromatic carbocycles. The fourth-order valence-corrected chi connectivity index (χ4v) is 4.29. The monoisotopic (exact) mass is 386 g/mol. The Labute approximate surface area is 170 Å². The van der Waals surface area contributed by atoms with Crippen molar-refractivity contribution in [3.8, 4) is 11.4 Å². The van der Waals surface area contributed by atoms with Gasteiger partial charge in [-0.3, -0.25) is 0 Å². The van der Waals surface area contributed by atoms with E-state index in [0.29, 0.717) is 11.6 Å². The molecule has 0 aliphatic rings. The Morgan fingerprint density at radius 1 is 0.655 bits per heavy atom. The first kappa shape index (κ1) is 18.8. The molecule has 4 N–H and O–H groups in total. The lowest BCUT2D eigenvalue weighted by Gasteiger charge is -2.26. The highest BCUT2D eigenvalue weighted by atomic mass is 15.3. The van der Waals surface area contributed by atoms with Crippen molar-refractivity contribution in [2.75, 3.05) is 11.5 Å². The Balaban J connectivity index is 1.87. The second-order valence-electron chi connectivity index (χ2n) is 7.81. The van der Waals surface area contributed by atoms with Gasteiger partial charge >= 0.3 is 0 Å². The maximum absolute atomic E-state index is 6.61. The Hall–Kier alpha value is -3.54. The van der Waals surface area contributed by atoms with Crippen LogP contribution in [0.1, 0.15) is 36.4 Å². The molecule has 4 aromatic rings. The van der Waals surface area contributed by atoms with Gasteiger partial charge in [-0.25, -0.2) is 9.36 Å². The average molecular weight is 387 g/mol. The zero-order valence-corrected chi connectivity index (χ0v) is 17.2. The lowest BCUT2D eigenvalue weighted by atomic mass is 9.77. The number of para-hydroxylation sites is 2. The fourth-order valence-electron chi connectivity index (χ4n) is 4.29. The summed E-state index contributed by atoms with van der Waals surface area (Å²) in [6, 6.07) is 19.8. The van der Waals surface area contributed by atoms with E-state index in [-0.39, 0.29) is 0 Å². The third-order valence-electron chi connectivity index (χ3n) is 5.44. The molecule has 0 saturated carbocycles. The summed E-state index contributed by atoms with van der Waals surface area (Å²) >= 11 is 0. The predicted octanol–water partition coefficient (Wildman–Crippen LogP) is 4.17. The van der Waals surface area contributed by atoms with E-state index in [1.54, 1.807) is 9.36 Å². The largest absolute Gasteiger partial charge is 0.383 e. The second-order valence-corrected chi connectivity index (χ2v) is 7.81. The maximum atomic E-state index is 6.61. The van der Waals surface area contributed by atoms with E-state index in [1.165, 1.54) is 0 Å². The molecule has 29 heavy (non-hydrogen) atoms. The van der Waals surface area contributed by atoms with Gasteiger partial charge in [0.25, 0.3) is 0 Å². The van der Waals surface area contributed by atoms with Crippen LogP contribution in [0.25, 0.3) is 11.4 Å². The standard InChI is InChI=1S/C23H26N6/c1-15-19(21(24)28(26-15)17-11-7-5-8-12-17)23(3,4)20-16(2)27-29(22(20)25)18-13-9-6-10-14-18/h5-14H,24-25H2,1-4H3. The first-order chi connectivity index (χ1) is 13.8. The number of aromatic nitrogens is 4. The van der Waals surface area contributed by atoms with Gasteiger partial charge in [0.2, 0.25) is 0 Å². The summed E-state index contributed by atoms with van der Waals surface area (Å²) in [6.45, 7) is 8.22. The Bertz CT molecular complexity index is 1060. The smallest absolute Gasteiger partial charge is 0.131 e. The molecule has 4 rings (SSSR count). The van der Waals surface area contributed by atoms with E-state index in [9.17, 15) is 0 Å². The highest BCUT2D eigenvalue weighted by Crippen LogP contribution is 2.42. The second kappa shape index (κ2) is 6.81. The predicted molar refractivity (Wildman–Crippen MR) is 118 cm³/mol. The van der Waals surface area contributed by atoms with Crippen LogP contribution in [0.4, 0.5) is 11.6 Å². The van der Waals surface area contributed by atoms with Crippen LogP contribution in [-0.2, 0) is 5.41 Å². The van der Waals surface area contributed by atoms with Gasteiger partial charge in [-0.2, -0.15) is 10.2 Å². The molecule has 6 nitrogen and oxygen atoms in total. The minimum absolute atomic E-state index is 0.470. The topological polar surface area (TPSA) is 87.7 Å². The Kier molecular flexibility index (Phi) is 4.42. The van der Waals surface area contributed by atoms with Gasteiger partial charge in [0.05, 0.1) is 22.8 Å². The van der Waals surface area contributed by atoms with Gasteiger partial charge in [-0.05, 0) is 38.1 Å². The summed E-state index contributed by atoms with van der Waals surface area (Å²) in [5, 5.41) is 9.44. The molecule has 0 amide bonds. The van der Waals surface area contributed by atoms with Crippen LogP contribution in [0.2, 0.25) is 0 Å². The average Bonchev–Trinajstić information content (AvgIpc) is 3.18. The van der Waals surface area contributed by atoms with Gasteiger partial charge < -0.3 is 11.5 Å². The van der Waals surface area contributed by atoms with Gasteiger partial charge in [-0.15, -0.1) is 0 Å². The van der Waals surface area contributed by atoms with E-state index < -0.39 is 5.41 Å². The third-order valence-corrected chi connectivity index (χ3v) is 5.44. The Morgan fingerprint density at radius 3 is 1.34 bits per heavy atom. The summed E-state index contributed by atoms with van der Waals surface area (Å²) in [5.41, 5.74) is 18.3. The number of hydrogen-bond acceptors (Lipinski definition) is 4. The molecule has 6 heteroatoms. The number of nitrogens with two attached hydrogens (primary N) is 2. The van der Waals surface area contributed by atoms with Crippen molar-refractivity contribution in [3.05, 3.63) is 83.2 Å². The molecule has 0 unspecified atom stereocenters. The number of aryl methyl sites for hydroxylation is 2. The normalized spacial score (nSPS) is 11.7. The van der Waals surface area contributed by atoms with Crippen molar-refractivity contribution >= 4 is 11.6 Å². The Morgan fingerprint density at radius 2 is 1.00 bits per heavy atom. The van der Waals surface area contributed by atoms with Crippen LogP contribution < -0.4 is 11.5 Å². The molecule has 0 aliphatic carbocycles.